The van der Waals surface area contributed by atoms with Gasteiger partial charge in [0.15, 0.2) is 0 Å². The van der Waals surface area contributed by atoms with Crippen LogP contribution in [-0.2, 0) is 6.54 Å². The summed E-state index contributed by atoms with van der Waals surface area (Å²) in [6.07, 6.45) is 0. The number of hydrogen-bond donors (Lipinski definition) is 0. The van der Waals surface area contributed by atoms with E-state index in [9.17, 15) is 0 Å². The minimum atomic E-state index is 0.605. The largest absolute Gasteiger partial charge is 0.497 e. The third kappa shape index (κ3) is 3.50. The summed E-state index contributed by atoms with van der Waals surface area (Å²) in [4.78, 5) is 4.98. The molecule has 106 valence electrons. The Balaban J connectivity index is 2.09. The van der Waals surface area contributed by atoms with Crippen molar-refractivity contribution in [3.8, 4) is 5.75 Å². The van der Waals surface area contributed by atoms with Gasteiger partial charge in [0.05, 0.1) is 7.11 Å². The van der Waals surface area contributed by atoms with Crippen LogP contribution in [0.5, 0.6) is 5.75 Å². The lowest BCUT2D eigenvalue weighted by Gasteiger charge is -2.42. The molecule has 2 unspecified atom stereocenters. The van der Waals surface area contributed by atoms with Crippen LogP contribution in [0.3, 0.4) is 0 Å². The normalized spacial score (nSPS) is 25.5. The minimum Gasteiger partial charge on any atom is -0.497 e. The highest BCUT2D eigenvalue weighted by Gasteiger charge is 2.26. The smallest absolute Gasteiger partial charge is 0.119 e. The fraction of sp³-hybridized carbons (Fsp3) is 0.600. The molecule has 1 heterocycles. The van der Waals surface area contributed by atoms with Crippen molar-refractivity contribution in [2.45, 2.75) is 32.5 Å². The Morgan fingerprint density at radius 3 is 2.47 bits per heavy atom. The van der Waals surface area contributed by atoms with Crippen LogP contribution in [0.4, 0.5) is 0 Å². The predicted octanol–water partition coefficient (Wildman–Crippen LogP) is 2.98. The molecular formula is C15H23BrN2O. The van der Waals surface area contributed by atoms with Crippen LogP contribution in [0.25, 0.3) is 0 Å². The highest BCUT2D eigenvalue weighted by atomic mass is 79.9. The summed E-state index contributed by atoms with van der Waals surface area (Å²) >= 11 is 3.64. The number of methoxy groups -OCH3 is 1. The molecule has 0 bridgehead atoms. The topological polar surface area (TPSA) is 15.7 Å². The van der Waals surface area contributed by atoms with Gasteiger partial charge >= 0.3 is 0 Å². The summed E-state index contributed by atoms with van der Waals surface area (Å²) in [6.45, 7) is 7.79. The molecule has 1 aliphatic rings. The summed E-state index contributed by atoms with van der Waals surface area (Å²) in [7, 11) is 3.93. The number of rotatable bonds is 3. The molecular weight excluding hydrogens is 304 g/mol. The number of piperazine rings is 1. The Morgan fingerprint density at radius 2 is 1.89 bits per heavy atom. The van der Waals surface area contributed by atoms with E-state index >= 15 is 0 Å². The Kier molecular flexibility index (Phi) is 4.87. The van der Waals surface area contributed by atoms with Crippen LogP contribution in [0.2, 0.25) is 0 Å². The minimum absolute atomic E-state index is 0.605. The van der Waals surface area contributed by atoms with Crippen molar-refractivity contribution in [3.05, 3.63) is 28.2 Å². The van der Waals surface area contributed by atoms with E-state index in [1.807, 2.05) is 6.07 Å². The van der Waals surface area contributed by atoms with E-state index in [1.54, 1.807) is 7.11 Å². The molecule has 1 aliphatic heterocycles. The molecule has 0 amide bonds. The Morgan fingerprint density at radius 1 is 1.26 bits per heavy atom. The predicted molar refractivity (Wildman–Crippen MR) is 82.7 cm³/mol. The first kappa shape index (κ1) is 14.8. The zero-order chi connectivity index (χ0) is 14.0. The van der Waals surface area contributed by atoms with Crippen molar-refractivity contribution in [2.75, 3.05) is 27.2 Å². The van der Waals surface area contributed by atoms with Crippen molar-refractivity contribution in [1.29, 1.82) is 0 Å². The lowest BCUT2D eigenvalue weighted by atomic mass is 10.1. The molecule has 2 rings (SSSR count). The first-order chi connectivity index (χ1) is 9.01. The molecule has 0 aromatic heterocycles. The van der Waals surface area contributed by atoms with Gasteiger partial charge in [0.2, 0.25) is 0 Å². The van der Waals surface area contributed by atoms with Gasteiger partial charge in [0.25, 0.3) is 0 Å². The van der Waals surface area contributed by atoms with E-state index in [1.165, 1.54) is 5.56 Å². The molecule has 1 fully saturated rings. The molecule has 3 nitrogen and oxygen atoms in total. The molecule has 1 aromatic carbocycles. The summed E-state index contributed by atoms with van der Waals surface area (Å²) in [5.74, 6) is 0.924. The maximum atomic E-state index is 5.31. The van der Waals surface area contributed by atoms with E-state index in [2.05, 4.69) is 58.8 Å². The Bertz CT molecular complexity index is 426. The van der Waals surface area contributed by atoms with Crippen molar-refractivity contribution >= 4 is 15.9 Å². The van der Waals surface area contributed by atoms with Gasteiger partial charge in [0.1, 0.15) is 5.75 Å². The molecule has 2 atom stereocenters. The monoisotopic (exact) mass is 326 g/mol. The van der Waals surface area contributed by atoms with E-state index < -0.39 is 0 Å². The second-order valence-electron chi connectivity index (χ2n) is 5.51. The van der Waals surface area contributed by atoms with Crippen LogP contribution in [0.1, 0.15) is 19.4 Å². The van der Waals surface area contributed by atoms with Crippen LogP contribution in [-0.4, -0.2) is 49.1 Å². The van der Waals surface area contributed by atoms with Gasteiger partial charge in [-0.05, 0) is 44.7 Å². The Labute approximate surface area is 124 Å². The number of ether oxygens (including phenoxy) is 1. The summed E-state index contributed by atoms with van der Waals surface area (Å²) < 4.78 is 6.47. The quantitative estimate of drug-likeness (QED) is 0.849. The molecule has 0 aliphatic carbocycles. The Hall–Kier alpha value is -0.580. The summed E-state index contributed by atoms with van der Waals surface area (Å²) in [5, 5.41) is 0. The maximum Gasteiger partial charge on any atom is 0.119 e. The van der Waals surface area contributed by atoms with E-state index in [0.29, 0.717) is 12.1 Å². The first-order valence-electron chi connectivity index (χ1n) is 6.78. The molecule has 19 heavy (non-hydrogen) atoms. The molecule has 1 saturated heterocycles. The molecule has 4 heteroatoms. The lowest BCUT2D eigenvalue weighted by molar-refractivity contribution is 0.0555. The fourth-order valence-corrected chi connectivity index (χ4v) is 3.06. The lowest BCUT2D eigenvalue weighted by Crippen LogP contribution is -2.54. The van der Waals surface area contributed by atoms with Crippen LogP contribution in [0.15, 0.2) is 22.7 Å². The van der Waals surface area contributed by atoms with E-state index in [-0.39, 0.29) is 0 Å². The molecule has 0 N–H and O–H groups in total. The zero-order valence-electron chi connectivity index (χ0n) is 12.2. The van der Waals surface area contributed by atoms with Crippen LogP contribution < -0.4 is 4.74 Å². The molecule has 0 spiro atoms. The number of likely N-dealkylation sites (N-methyl/N-ethyl adjacent to an activating group) is 1. The highest BCUT2D eigenvalue weighted by molar-refractivity contribution is 9.10. The van der Waals surface area contributed by atoms with Gasteiger partial charge in [-0.25, -0.2) is 0 Å². The molecule has 1 aromatic rings. The van der Waals surface area contributed by atoms with Gasteiger partial charge in [-0.15, -0.1) is 0 Å². The second-order valence-corrected chi connectivity index (χ2v) is 6.37. The van der Waals surface area contributed by atoms with Crippen molar-refractivity contribution < 1.29 is 4.74 Å². The average molecular weight is 327 g/mol. The summed E-state index contributed by atoms with van der Waals surface area (Å²) in [5.41, 5.74) is 1.29. The van der Waals surface area contributed by atoms with Crippen molar-refractivity contribution in [3.63, 3.8) is 0 Å². The molecule has 0 saturated carbocycles. The SMILES string of the molecule is COc1ccc(Br)c(CN2CC(C)N(C)C(C)C2)c1. The first-order valence-corrected chi connectivity index (χ1v) is 7.57. The van der Waals surface area contributed by atoms with E-state index in [4.69, 9.17) is 4.74 Å². The number of benzene rings is 1. The van der Waals surface area contributed by atoms with Gasteiger partial charge < -0.3 is 4.74 Å². The van der Waals surface area contributed by atoms with Crippen molar-refractivity contribution in [1.82, 2.24) is 9.80 Å². The van der Waals surface area contributed by atoms with Crippen LogP contribution in [0, 0.1) is 0 Å². The maximum absolute atomic E-state index is 5.31. The number of nitrogens with zero attached hydrogens (tertiary/aromatic N) is 2. The highest BCUT2D eigenvalue weighted by Crippen LogP contribution is 2.25. The van der Waals surface area contributed by atoms with Gasteiger partial charge in [0, 0.05) is 36.2 Å². The summed E-state index contributed by atoms with van der Waals surface area (Å²) in [6, 6.07) is 7.39. The average Bonchev–Trinajstić information content (AvgIpc) is 2.38. The fourth-order valence-electron chi connectivity index (χ4n) is 2.68. The van der Waals surface area contributed by atoms with E-state index in [0.717, 1.165) is 29.9 Å². The third-order valence-corrected chi connectivity index (χ3v) is 4.86. The van der Waals surface area contributed by atoms with Crippen molar-refractivity contribution in [2.24, 2.45) is 0 Å². The van der Waals surface area contributed by atoms with Gasteiger partial charge in [-0.3, -0.25) is 9.80 Å². The van der Waals surface area contributed by atoms with Crippen LogP contribution >= 0.6 is 15.9 Å². The van der Waals surface area contributed by atoms with Gasteiger partial charge in [-0.1, -0.05) is 15.9 Å². The third-order valence-electron chi connectivity index (χ3n) is 4.08. The number of halogens is 1. The number of hydrogen-bond acceptors (Lipinski definition) is 3. The second kappa shape index (κ2) is 6.25. The van der Waals surface area contributed by atoms with Gasteiger partial charge in [-0.2, -0.15) is 0 Å². The zero-order valence-corrected chi connectivity index (χ0v) is 13.8. The standard InChI is InChI=1S/C15H23BrN2O/c1-11-8-18(9-12(2)17(11)3)10-13-7-14(19-4)5-6-15(13)16/h5-7,11-12H,8-10H2,1-4H3. The molecule has 0 radical (unpaired) electrons.